The van der Waals surface area contributed by atoms with Crippen LogP contribution in [-0.2, 0) is 4.74 Å². The van der Waals surface area contributed by atoms with E-state index < -0.39 is 5.60 Å². The average Bonchev–Trinajstić information content (AvgIpc) is 1.98. The Bertz CT molecular complexity index is 206. The summed E-state index contributed by atoms with van der Waals surface area (Å²) in [5, 5.41) is 9.60. The van der Waals surface area contributed by atoms with E-state index in [0.29, 0.717) is 13.0 Å². The fourth-order valence-electron chi connectivity index (χ4n) is 0.605. The lowest BCUT2D eigenvalue weighted by Gasteiger charge is -2.14. The number of hydrogen-bond acceptors (Lipinski definition) is 2. The van der Waals surface area contributed by atoms with Crippen LogP contribution in [0.2, 0.25) is 0 Å². The molecule has 0 saturated heterocycles. The molecule has 0 bridgehead atoms. The Morgan fingerprint density at radius 1 is 1.67 bits per heavy atom. The zero-order valence-electron chi connectivity index (χ0n) is 7.98. The van der Waals surface area contributed by atoms with Crippen molar-refractivity contribution in [2.24, 2.45) is 0 Å². The Kier molecular flexibility index (Phi) is 4.65. The second-order valence-corrected chi connectivity index (χ2v) is 3.05. The zero-order valence-corrected chi connectivity index (χ0v) is 7.98. The minimum atomic E-state index is -0.963. The minimum Gasteiger partial charge on any atom is -0.385 e. The van der Waals surface area contributed by atoms with Crippen LogP contribution in [0.4, 0.5) is 0 Å². The van der Waals surface area contributed by atoms with Gasteiger partial charge in [0, 0.05) is 20.1 Å². The fraction of sp³-hybridized carbons (Fsp3) is 0.600. The van der Waals surface area contributed by atoms with E-state index in [1.165, 1.54) is 0 Å². The monoisotopic (exact) mass is 168 g/mol. The molecule has 68 valence electrons. The van der Waals surface area contributed by atoms with Crippen molar-refractivity contribution in [1.29, 1.82) is 0 Å². The lowest BCUT2D eigenvalue weighted by atomic mass is 10.0. The van der Waals surface area contributed by atoms with Crippen molar-refractivity contribution in [1.82, 2.24) is 0 Å². The molecule has 1 N–H and O–H groups in total. The molecule has 0 aromatic heterocycles. The molecule has 1 atom stereocenters. The van der Waals surface area contributed by atoms with Crippen LogP contribution in [0.15, 0.2) is 12.2 Å². The predicted octanol–water partition coefficient (Wildman–Crippen LogP) is 1.35. The van der Waals surface area contributed by atoms with Crippen molar-refractivity contribution in [3.63, 3.8) is 0 Å². The van der Waals surface area contributed by atoms with Crippen molar-refractivity contribution >= 4 is 0 Å². The van der Waals surface area contributed by atoms with Crippen molar-refractivity contribution in [3.05, 3.63) is 12.2 Å². The van der Waals surface area contributed by atoms with Gasteiger partial charge >= 0.3 is 0 Å². The highest BCUT2D eigenvalue weighted by Crippen LogP contribution is 2.07. The number of allylic oxidation sites excluding steroid dienone is 1. The lowest BCUT2D eigenvalue weighted by molar-refractivity contribution is 0.0728. The highest BCUT2D eigenvalue weighted by Gasteiger charge is 2.15. The highest BCUT2D eigenvalue weighted by atomic mass is 16.5. The second kappa shape index (κ2) is 4.97. The van der Waals surface area contributed by atoms with Gasteiger partial charge in [-0.1, -0.05) is 18.4 Å². The first-order chi connectivity index (χ1) is 5.48. The van der Waals surface area contributed by atoms with Gasteiger partial charge < -0.3 is 9.84 Å². The zero-order chi connectivity index (χ0) is 9.61. The summed E-state index contributed by atoms with van der Waals surface area (Å²) in [7, 11) is 1.60. The molecular weight excluding hydrogens is 152 g/mol. The van der Waals surface area contributed by atoms with Gasteiger partial charge in [0.25, 0.3) is 0 Å². The quantitative estimate of drug-likeness (QED) is 0.645. The molecule has 0 aliphatic rings. The summed E-state index contributed by atoms with van der Waals surface area (Å²) in [6.45, 7) is 7.61. The van der Waals surface area contributed by atoms with Crippen LogP contribution in [0.1, 0.15) is 20.3 Å². The molecule has 1 unspecified atom stereocenters. The van der Waals surface area contributed by atoms with Gasteiger partial charge in [0.2, 0.25) is 0 Å². The maximum Gasteiger partial charge on any atom is 0.125 e. The first kappa shape index (κ1) is 11.2. The Balaban J connectivity index is 4.05. The predicted molar refractivity (Wildman–Crippen MR) is 49.7 cm³/mol. The normalized spacial score (nSPS) is 14.3. The maximum absolute atomic E-state index is 9.60. The summed E-state index contributed by atoms with van der Waals surface area (Å²) in [6, 6.07) is 0. The summed E-state index contributed by atoms with van der Waals surface area (Å²) < 4.78 is 4.83. The smallest absolute Gasteiger partial charge is 0.125 e. The molecule has 2 nitrogen and oxygen atoms in total. The molecule has 12 heavy (non-hydrogen) atoms. The highest BCUT2D eigenvalue weighted by molar-refractivity contribution is 5.27. The summed E-state index contributed by atoms with van der Waals surface area (Å²) >= 11 is 0. The first-order valence-electron chi connectivity index (χ1n) is 3.88. The first-order valence-corrected chi connectivity index (χ1v) is 3.88. The van der Waals surface area contributed by atoms with Gasteiger partial charge in [-0.15, -0.1) is 0 Å². The molecule has 0 heterocycles. The van der Waals surface area contributed by atoms with Crippen LogP contribution in [-0.4, -0.2) is 24.4 Å². The van der Waals surface area contributed by atoms with Gasteiger partial charge in [0.1, 0.15) is 5.60 Å². The molecule has 0 aliphatic heterocycles. The Morgan fingerprint density at radius 2 is 2.25 bits per heavy atom. The summed E-state index contributed by atoms with van der Waals surface area (Å²) in [5.74, 6) is 5.46. The van der Waals surface area contributed by atoms with Gasteiger partial charge in [-0.25, -0.2) is 0 Å². The third-order valence-corrected chi connectivity index (χ3v) is 1.34. The van der Waals surface area contributed by atoms with Crippen LogP contribution in [0.25, 0.3) is 0 Å². The van der Waals surface area contributed by atoms with Crippen molar-refractivity contribution < 1.29 is 9.84 Å². The van der Waals surface area contributed by atoms with Crippen LogP contribution in [0.3, 0.4) is 0 Å². The number of methoxy groups -OCH3 is 1. The van der Waals surface area contributed by atoms with Crippen molar-refractivity contribution in [2.75, 3.05) is 13.7 Å². The number of rotatable bonds is 3. The van der Waals surface area contributed by atoms with E-state index in [-0.39, 0.29) is 0 Å². The van der Waals surface area contributed by atoms with Gasteiger partial charge in [-0.3, -0.25) is 0 Å². The summed E-state index contributed by atoms with van der Waals surface area (Å²) in [4.78, 5) is 0. The topological polar surface area (TPSA) is 29.5 Å². The van der Waals surface area contributed by atoms with E-state index in [1.54, 1.807) is 21.0 Å². The molecule has 2 heteroatoms. The fourth-order valence-corrected chi connectivity index (χ4v) is 0.605. The SMILES string of the molecule is C=C(C)C#CC(C)(O)CCOC. The van der Waals surface area contributed by atoms with Gasteiger partial charge in [-0.2, -0.15) is 0 Å². The molecule has 0 fully saturated rings. The number of aliphatic hydroxyl groups is 1. The largest absolute Gasteiger partial charge is 0.385 e. The summed E-state index contributed by atoms with van der Waals surface area (Å²) in [5.41, 5.74) is -0.206. The van der Waals surface area contributed by atoms with E-state index in [1.807, 2.05) is 0 Å². The van der Waals surface area contributed by atoms with E-state index in [4.69, 9.17) is 4.74 Å². The van der Waals surface area contributed by atoms with Crippen LogP contribution >= 0.6 is 0 Å². The molecule has 0 aromatic rings. The Morgan fingerprint density at radius 3 is 2.67 bits per heavy atom. The number of hydrogen-bond donors (Lipinski definition) is 1. The number of ether oxygens (including phenoxy) is 1. The molecule has 0 radical (unpaired) electrons. The summed E-state index contributed by atoms with van der Waals surface area (Å²) in [6.07, 6.45) is 0.518. The second-order valence-electron chi connectivity index (χ2n) is 3.05. The molecule has 0 saturated carbocycles. The van der Waals surface area contributed by atoms with E-state index in [2.05, 4.69) is 18.4 Å². The molecule has 0 rings (SSSR count). The van der Waals surface area contributed by atoms with Crippen LogP contribution < -0.4 is 0 Å². The van der Waals surface area contributed by atoms with E-state index in [0.717, 1.165) is 5.57 Å². The third-order valence-electron chi connectivity index (χ3n) is 1.34. The maximum atomic E-state index is 9.60. The lowest BCUT2D eigenvalue weighted by Crippen LogP contribution is -2.23. The van der Waals surface area contributed by atoms with Crippen molar-refractivity contribution in [2.45, 2.75) is 25.9 Å². The molecule has 0 aromatic carbocycles. The Hall–Kier alpha value is -0.780. The minimum absolute atomic E-state index is 0.512. The molecule has 0 spiro atoms. The van der Waals surface area contributed by atoms with Crippen LogP contribution in [0.5, 0.6) is 0 Å². The molecular formula is C10H16O2. The standard InChI is InChI=1S/C10H16O2/c1-9(2)5-6-10(3,11)7-8-12-4/h11H,1,7-8H2,2-4H3. The van der Waals surface area contributed by atoms with Gasteiger partial charge in [-0.05, 0) is 19.4 Å². The molecule has 0 amide bonds. The molecule has 0 aliphatic carbocycles. The Labute approximate surface area is 74.2 Å². The van der Waals surface area contributed by atoms with Gasteiger partial charge in [0.05, 0.1) is 0 Å². The average molecular weight is 168 g/mol. The third kappa shape index (κ3) is 5.96. The van der Waals surface area contributed by atoms with E-state index >= 15 is 0 Å². The van der Waals surface area contributed by atoms with Crippen molar-refractivity contribution in [3.8, 4) is 11.8 Å². The van der Waals surface area contributed by atoms with Crippen LogP contribution in [0, 0.1) is 11.8 Å². The van der Waals surface area contributed by atoms with E-state index in [9.17, 15) is 5.11 Å². The van der Waals surface area contributed by atoms with Gasteiger partial charge in [0.15, 0.2) is 0 Å².